The molecule has 0 aromatic heterocycles. The molecule has 2 aromatic rings. The second-order valence-electron chi connectivity index (χ2n) is 6.35. The van der Waals surface area contributed by atoms with Crippen molar-refractivity contribution in [1.82, 2.24) is 10.2 Å². The predicted molar refractivity (Wildman–Crippen MR) is 108 cm³/mol. The van der Waals surface area contributed by atoms with Crippen LogP contribution in [0.4, 0.5) is 0 Å². The molecule has 28 heavy (non-hydrogen) atoms. The van der Waals surface area contributed by atoms with E-state index in [0.29, 0.717) is 29.4 Å². The molecule has 0 bridgehead atoms. The summed E-state index contributed by atoms with van der Waals surface area (Å²) in [6.07, 6.45) is 0. The van der Waals surface area contributed by atoms with Crippen LogP contribution in [-0.2, 0) is 0 Å². The summed E-state index contributed by atoms with van der Waals surface area (Å²) in [5.74, 6) is 1.85. The molecule has 7 nitrogen and oxygen atoms in total. The Labute approximate surface area is 166 Å². The largest absolute Gasteiger partial charge is 0.496 e. The molecule has 0 unspecified atom stereocenters. The highest BCUT2D eigenvalue weighted by molar-refractivity contribution is 5.95. The van der Waals surface area contributed by atoms with Crippen LogP contribution < -0.4 is 24.3 Å². The number of nitrogens with zero attached hydrogens (tertiary/aromatic N) is 1. The maximum atomic E-state index is 12.8. The van der Waals surface area contributed by atoms with Crippen molar-refractivity contribution in [1.29, 1.82) is 0 Å². The predicted octanol–water partition coefficient (Wildman–Crippen LogP) is 2.75. The average Bonchev–Trinajstić information content (AvgIpc) is 2.72. The third-order valence-corrected chi connectivity index (χ3v) is 4.50. The van der Waals surface area contributed by atoms with Gasteiger partial charge in [0.05, 0.1) is 34.5 Å². The minimum Gasteiger partial charge on any atom is -0.496 e. The van der Waals surface area contributed by atoms with Crippen molar-refractivity contribution in [3.05, 3.63) is 47.5 Å². The number of hydrogen-bond acceptors (Lipinski definition) is 6. The van der Waals surface area contributed by atoms with Crippen molar-refractivity contribution in [3.63, 3.8) is 0 Å². The van der Waals surface area contributed by atoms with E-state index in [0.717, 1.165) is 11.3 Å². The molecule has 0 saturated heterocycles. The molecule has 1 amide bonds. The van der Waals surface area contributed by atoms with Gasteiger partial charge in [-0.1, -0.05) is 18.2 Å². The number of benzene rings is 2. The van der Waals surface area contributed by atoms with Crippen LogP contribution in [0.1, 0.15) is 22.0 Å². The van der Waals surface area contributed by atoms with E-state index in [1.165, 1.54) is 21.3 Å². The number of para-hydroxylation sites is 1. The first kappa shape index (κ1) is 21.4. The van der Waals surface area contributed by atoms with E-state index in [4.69, 9.17) is 18.9 Å². The molecule has 1 N–H and O–H groups in total. The Kier molecular flexibility index (Phi) is 7.52. The van der Waals surface area contributed by atoms with Crippen molar-refractivity contribution < 1.29 is 23.7 Å². The lowest BCUT2D eigenvalue weighted by molar-refractivity contribution is 0.0940. The van der Waals surface area contributed by atoms with Crippen molar-refractivity contribution >= 4 is 5.91 Å². The number of amides is 1. The smallest absolute Gasteiger partial charge is 0.251 e. The molecule has 0 spiro atoms. The van der Waals surface area contributed by atoms with E-state index < -0.39 is 0 Å². The first-order valence-corrected chi connectivity index (χ1v) is 8.84. The Morgan fingerprint density at radius 1 is 0.929 bits per heavy atom. The molecule has 0 saturated carbocycles. The molecule has 152 valence electrons. The fourth-order valence-electron chi connectivity index (χ4n) is 3.02. The standard InChI is InChI=1S/C21H28N2O5/c1-23(2)16(15-9-7-8-10-17(15)25-3)13-22-21(24)14-11-18(26-4)20(28-6)19(12-14)27-5/h7-12,16H,13H2,1-6H3,(H,22,24)/t16-/m1/s1. The zero-order valence-corrected chi connectivity index (χ0v) is 17.2. The summed E-state index contributed by atoms with van der Waals surface area (Å²) in [4.78, 5) is 14.8. The number of hydrogen-bond donors (Lipinski definition) is 1. The molecule has 7 heteroatoms. The molecular formula is C21H28N2O5. The number of nitrogens with one attached hydrogen (secondary N) is 1. The van der Waals surface area contributed by atoms with E-state index >= 15 is 0 Å². The van der Waals surface area contributed by atoms with Crippen molar-refractivity contribution in [2.24, 2.45) is 0 Å². The van der Waals surface area contributed by atoms with Gasteiger partial charge in [-0.3, -0.25) is 4.79 Å². The zero-order valence-electron chi connectivity index (χ0n) is 17.2. The maximum Gasteiger partial charge on any atom is 0.251 e. The van der Waals surface area contributed by atoms with E-state index in [-0.39, 0.29) is 11.9 Å². The summed E-state index contributed by atoms with van der Waals surface area (Å²) in [7, 11) is 10.1. The van der Waals surface area contributed by atoms with Crippen LogP contribution in [0, 0.1) is 0 Å². The Bertz CT molecular complexity index is 782. The summed E-state index contributed by atoms with van der Waals surface area (Å²) >= 11 is 0. The minimum absolute atomic E-state index is 0.0536. The van der Waals surface area contributed by atoms with Crippen LogP contribution in [0.5, 0.6) is 23.0 Å². The van der Waals surface area contributed by atoms with Gasteiger partial charge in [0.2, 0.25) is 5.75 Å². The molecule has 0 aliphatic rings. The van der Waals surface area contributed by atoms with Gasteiger partial charge in [-0.15, -0.1) is 0 Å². The Balaban J connectivity index is 2.24. The number of rotatable bonds is 9. The summed E-state index contributed by atoms with van der Waals surface area (Å²) in [6.45, 7) is 0.406. The van der Waals surface area contributed by atoms with Gasteiger partial charge in [0.15, 0.2) is 11.5 Å². The van der Waals surface area contributed by atoms with Gasteiger partial charge in [-0.2, -0.15) is 0 Å². The monoisotopic (exact) mass is 388 g/mol. The van der Waals surface area contributed by atoms with Crippen LogP contribution in [0.3, 0.4) is 0 Å². The Morgan fingerprint density at radius 3 is 2.00 bits per heavy atom. The highest BCUT2D eigenvalue weighted by Crippen LogP contribution is 2.38. The van der Waals surface area contributed by atoms with Crippen LogP contribution in [0.2, 0.25) is 0 Å². The van der Waals surface area contributed by atoms with Crippen LogP contribution in [0.15, 0.2) is 36.4 Å². The lowest BCUT2D eigenvalue weighted by Gasteiger charge is -2.26. The summed E-state index contributed by atoms with van der Waals surface area (Å²) in [5, 5.41) is 2.98. The maximum absolute atomic E-state index is 12.8. The quantitative estimate of drug-likeness (QED) is 0.712. The highest BCUT2D eigenvalue weighted by atomic mass is 16.5. The zero-order chi connectivity index (χ0) is 20.7. The lowest BCUT2D eigenvalue weighted by Crippen LogP contribution is -2.34. The number of likely N-dealkylation sites (N-methyl/N-ethyl adjacent to an activating group) is 1. The van der Waals surface area contributed by atoms with E-state index in [2.05, 4.69) is 5.32 Å². The third-order valence-electron chi connectivity index (χ3n) is 4.50. The van der Waals surface area contributed by atoms with Gasteiger partial charge in [-0.05, 0) is 32.3 Å². The molecule has 2 rings (SSSR count). The highest BCUT2D eigenvalue weighted by Gasteiger charge is 2.21. The summed E-state index contributed by atoms with van der Waals surface area (Å²) < 4.78 is 21.4. The van der Waals surface area contributed by atoms with Gasteiger partial charge >= 0.3 is 0 Å². The fraction of sp³-hybridized carbons (Fsp3) is 0.381. The Morgan fingerprint density at radius 2 is 1.50 bits per heavy atom. The number of methoxy groups -OCH3 is 4. The number of carbonyl (C=O) groups excluding carboxylic acids is 1. The molecular weight excluding hydrogens is 360 g/mol. The second kappa shape index (κ2) is 9.85. The lowest BCUT2D eigenvalue weighted by atomic mass is 10.0. The van der Waals surface area contributed by atoms with Gasteiger partial charge in [0, 0.05) is 17.7 Å². The molecule has 0 heterocycles. The van der Waals surface area contributed by atoms with Gasteiger partial charge in [0.25, 0.3) is 5.91 Å². The fourth-order valence-corrected chi connectivity index (χ4v) is 3.02. The normalized spacial score (nSPS) is 11.7. The van der Waals surface area contributed by atoms with E-state index in [9.17, 15) is 4.79 Å². The van der Waals surface area contributed by atoms with Crippen molar-refractivity contribution in [2.45, 2.75) is 6.04 Å². The topological polar surface area (TPSA) is 69.3 Å². The van der Waals surface area contributed by atoms with Crippen LogP contribution in [0.25, 0.3) is 0 Å². The van der Waals surface area contributed by atoms with E-state index in [1.54, 1.807) is 19.2 Å². The summed E-state index contributed by atoms with van der Waals surface area (Å²) in [5.41, 5.74) is 1.42. The van der Waals surface area contributed by atoms with Gasteiger partial charge in [-0.25, -0.2) is 0 Å². The van der Waals surface area contributed by atoms with Crippen LogP contribution >= 0.6 is 0 Å². The van der Waals surface area contributed by atoms with E-state index in [1.807, 2.05) is 43.3 Å². The van der Waals surface area contributed by atoms with Gasteiger partial charge < -0.3 is 29.2 Å². The van der Waals surface area contributed by atoms with Crippen molar-refractivity contribution in [3.8, 4) is 23.0 Å². The first-order chi connectivity index (χ1) is 13.5. The SMILES string of the molecule is COc1ccccc1[C@@H](CNC(=O)c1cc(OC)c(OC)c(OC)c1)N(C)C. The molecule has 2 aromatic carbocycles. The first-order valence-electron chi connectivity index (χ1n) is 8.84. The average molecular weight is 388 g/mol. The molecule has 1 atom stereocenters. The summed E-state index contributed by atoms with van der Waals surface area (Å²) in [6, 6.07) is 11.0. The van der Waals surface area contributed by atoms with Gasteiger partial charge in [0.1, 0.15) is 5.75 Å². The molecule has 0 aliphatic heterocycles. The van der Waals surface area contributed by atoms with Crippen LogP contribution in [-0.4, -0.2) is 59.9 Å². The molecule has 0 fully saturated rings. The third kappa shape index (κ3) is 4.67. The molecule has 0 radical (unpaired) electrons. The number of ether oxygens (including phenoxy) is 4. The number of carbonyl (C=O) groups is 1. The molecule has 0 aliphatic carbocycles. The minimum atomic E-state index is -0.235. The second-order valence-corrected chi connectivity index (χ2v) is 6.35. The Hall–Kier alpha value is -2.93. The van der Waals surface area contributed by atoms with Crippen molar-refractivity contribution in [2.75, 3.05) is 49.1 Å².